The highest BCUT2D eigenvalue weighted by atomic mass is 35.5. The van der Waals surface area contributed by atoms with E-state index in [9.17, 15) is 4.79 Å². The smallest absolute Gasteiger partial charge is 0.213 e. The number of thiazole rings is 1. The zero-order chi connectivity index (χ0) is 22.9. The van der Waals surface area contributed by atoms with Crippen LogP contribution >= 0.6 is 22.9 Å². The molecular weight excluding hydrogens is 463 g/mol. The Labute approximate surface area is 199 Å². The molecule has 2 aromatic carbocycles. The predicted molar refractivity (Wildman–Crippen MR) is 133 cm³/mol. The van der Waals surface area contributed by atoms with Gasteiger partial charge in [0.05, 0.1) is 27.0 Å². The summed E-state index contributed by atoms with van der Waals surface area (Å²) in [6.07, 6.45) is 7.68. The standard InChI is InChI=1S/C20H18ClFN6OS.C3H6/c21-16-15(11-1-2-13-14(5-11)30-20(26-13)24-9-29)12-7-25-27-18(12)19(17(16)22)28-4-3-10(6-23)8-28;1-2-3-1/h1-2,5,7,9-10H,3-4,6,8,23H2,(H,25,27)(H,24,26,29);1-3H2. The summed E-state index contributed by atoms with van der Waals surface area (Å²) in [5.41, 5.74) is 8.96. The molecule has 33 heavy (non-hydrogen) atoms. The van der Waals surface area contributed by atoms with Crippen LogP contribution in [-0.4, -0.2) is 41.2 Å². The summed E-state index contributed by atoms with van der Waals surface area (Å²) >= 11 is 7.93. The minimum atomic E-state index is -0.464. The molecule has 172 valence electrons. The van der Waals surface area contributed by atoms with Crippen molar-refractivity contribution in [2.75, 3.05) is 29.9 Å². The van der Waals surface area contributed by atoms with E-state index in [-0.39, 0.29) is 5.02 Å². The van der Waals surface area contributed by atoms with Crippen LogP contribution in [0.2, 0.25) is 5.02 Å². The molecule has 1 saturated heterocycles. The summed E-state index contributed by atoms with van der Waals surface area (Å²) in [5.74, 6) is -0.127. The second-order valence-corrected chi connectivity index (χ2v) is 9.78. The Hall–Kier alpha value is -2.75. The van der Waals surface area contributed by atoms with Gasteiger partial charge in [-0.1, -0.05) is 48.3 Å². The number of carbonyl (C=O) groups excluding carboxylic acids is 1. The summed E-state index contributed by atoms with van der Waals surface area (Å²) in [5, 5.41) is 11.0. The third-order valence-electron chi connectivity index (χ3n) is 5.91. The van der Waals surface area contributed by atoms with E-state index in [4.69, 9.17) is 17.3 Å². The van der Waals surface area contributed by atoms with Crippen LogP contribution in [0.25, 0.3) is 32.2 Å². The molecule has 4 aromatic rings. The fourth-order valence-electron chi connectivity index (χ4n) is 4.10. The number of hydrogen-bond acceptors (Lipinski definition) is 6. The molecule has 1 aliphatic carbocycles. The molecule has 7 nitrogen and oxygen atoms in total. The van der Waals surface area contributed by atoms with Gasteiger partial charge in [-0.05, 0) is 36.6 Å². The van der Waals surface area contributed by atoms with E-state index in [1.54, 1.807) is 6.20 Å². The lowest BCUT2D eigenvalue weighted by atomic mass is 10.00. The van der Waals surface area contributed by atoms with Crippen LogP contribution in [0.5, 0.6) is 0 Å². The number of aromatic amines is 1. The quantitative estimate of drug-likeness (QED) is 0.338. The lowest BCUT2D eigenvalue weighted by Gasteiger charge is -2.22. The molecule has 3 heterocycles. The van der Waals surface area contributed by atoms with Gasteiger partial charge in [0.25, 0.3) is 0 Å². The summed E-state index contributed by atoms with van der Waals surface area (Å²) in [7, 11) is 0. The molecule has 0 bridgehead atoms. The Morgan fingerprint density at radius 3 is 2.88 bits per heavy atom. The molecule has 1 saturated carbocycles. The lowest BCUT2D eigenvalue weighted by Crippen LogP contribution is -2.24. The second-order valence-electron chi connectivity index (χ2n) is 8.37. The summed E-state index contributed by atoms with van der Waals surface area (Å²) in [6, 6.07) is 5.58. The molecule has 6 rings (SSSR count). The van der Waals surface area contributed by atoms with Crippen molar-refractivity contribution in [3.8, 4) is 11.1 Å². The lowest BCUT2D eigenvalue weighted by molar-refractivity contribution is -0.105. The van der Waals surface area contributed by atoms with Crippen LogP contribution in [0.1, 0.15) is 25.7 Å². The van der Waals surface area contributed by atoms with Gasteiger partial charge in [-0.2, -0.15) is 5.10 Å². The average Bonchev–Trinajstić information content (AvgIpc) is 3.33. The fourth-order valence-corrected chi connectivity index (χ4v) is 5.26. The minimum Gasteiger partial charge on any atom is -0.367 e. The molecule has 1 unspecified atom stereocenters. The highest BCUT2D eigenvalue weighted by Crippen LogP contribution is 2.44. The molecule has 2 fully saturated rings. The maximum absolute atomic E-state index is 15.5. The van der Waals surface area contributed by atoms with Crippen molar-refractivity contribution >= 4 is 61.3 Å². The SMILES string of the molecule is C1CC1.NCC1CCN(c2c(F)c(Cl)c(-c3ccc4nc(NC=O)sc4c3)c3cn[nH]c23)C1. The van der Waals surface area contributed by atoms with Gasteiger partial charge < -0.3 is 16.0 Å². The second kappa shape index (κ2) is 9.24. The number of halogens is 2. The van der Waals surface area contributed by atoms with Gasteiger partial charge in [0, 0.05) is 24.0 Å². The number of aromatic nitrogens is 3. The fraction of sp³-hybridized carbons (Fsp3) is 0.348. The van der Waals surface area contributed by atoms with Gasteiger partial charge in [0.2, 0.25) is 6.41 Å². The number of rotatable bonds is 5. The van der Waals surface area contributed by atoms with E-state index in [0.29, 0.717) is 47.3 Å². The van der Waals surface area contributed by atoms with Gasteiger partial charge >= 0.3 is 0 Å². The first-order valence-electron chi connectivity index (χ1n) is 11.0. The first-order chi connectivity index (χ1) is 16.1. The normalized spacial score (nSPS) is 17.3. The van der Waals surface area contributed by atoms with Crippen LogP contribution in [0.4, 0.5) is 15.2 Å². The Kier molecular flexibility index (Phi) is 6.18. The number of nitrogens with one attached hydrogen (secondary N) is 2. The number of benzene rings is 2. The summed E-state index contributed by atoms with van der Waals surface area (Å²) in [6.45, 7) is 1.99. The Bertz CT molecular complexity index is 1320. The molecule has 4 N–H and O–H groups in total. The van der Waals surface area contributed by atoms with Crippen molar-refractivity contribution in [2.24, 2.45) is 11.7 Å². The van der Waals surface area contributed by atoms with Crippen molar-refractivity contribution in [1.29, 1.82) is 0 Å². The van der Waals surface area contributed by atoms with Crippen molar-refractivity contribution in [1.82, 2.24) is 15.2 Å². The van der Waals surface area contributed by atoms with Crippen LogP contribution in [-0.2, 0) is 4.79 Å². The third-order valence-corrected chi connectivity index (χ3v) is 7.22. The van der Waals surface area contributed by atoms with Crippen LogP contribution in [0.15, 0.2) is 24.4 Å². The number of H-pyrrole nitrogens is 1. The van der Waals surface area contributed by atoms with Crippen molar-refractivity contribution < 1.29 is 9.18 Å². The zero-order valence-electron chi connectivity index (χ0n) is 17.9. The number of amides is 1. The number of fused-ring (bicyclic) bond motifs is 2. The topological polar surface area (TPSA) is 99.9 Å². The average molecular weight is 487 g/mol. The third kappa shape index (κ3) is 4.28. The largest absolute Gasteiger partial charge is 0.367 e. The molecule has 2 aliphatic rings. The summed E-state index contributed by atoms with van der Waals surface area (Å²) in [4.78, 5) is 17.0. The maximum Gasteiger partial charge on any atom is 0.213 e. The molecule has 2 aromatic heterocycles. The van der Waals surface area contributed by atoms with Crippen LogP contribution in [0.3, 0.4) is 0 Å². The number of nitrogens with zero attached hydrogens (tertiary/aromatic N) is 3. The molecule has 0 spiro atoms. The Morgan fingerprint density at radius 1 is 1.36 bits per heavy atom. The van der Waals surface area contributed by atoms with E-state index in [1.807, 2.05) is 23.1 Å². The van der Waals surface area contributed by atoms with Gasteiger partial charge in [-0.3, -0.25) is 9.89 Å². The van der Waals surface area contributed by atoms with E-state index < -0.39 is 5.82 Å². The molecule has 1 atom stereocenters. The zero-order valence-corrected chi connectivity index (χ0v) is 19.5. The maximum atomic E-state index is 15.5. The Morgan fingerprint density at radius 2 is 2.18 bits per heavy atom. The number of anilines is 2. The van der Waals surface area contributed by atoms with Gasteiger partial charge in [-0.15, -0.1) is 0 Å². The molecule has 1 amide bonds. The van der Waals surface area contributed by atoms with Crippen molar-refractivity contribution in [2.45, 2.75) is 25.7 Å². The van der Waals surface area contributed by atoms with Crippen molar-refractivity contribution in [3.63, 3.8) is 0 Å². The summed E-state index contributed by atoms with van der Waals surface area (Å²) < 4.78 is 16.4. The Balaban J connectivity index is 0.000000705. The minimum absolute atomic E-state index is 0.0604. The molecule has 10 heteroatoms. The highest BCUT2D eigenvalue weighted by Gasteiger charge is 2.29. The monoisotopic (exact) mass is 486 g/mol. The highest BCUT2D eigenvalue weighted by molar-refractivity contribution is 7.22. The van der Waals surface area contributed by atoms with Gasteiger partial charge in [-0.25, -0.2) is 9.37 Å². The van der Waals surface area contributed by atoms with Crippen LogP contribution < -0.4 is 16.0 Å². The van der Waals surface area contributed by atoms with Gasteiger partial charge in [0.15, 0.2) is 10.9 Å². The van der Waals surface area contributed by atoms with Crippen molar-refractivity contribution in [3.05, 3.63) is 35.2 Å². The number of carbonyl (C=O) groups is 1. The predicted octanol–water partition coefficient (Wildman–Crippen LogP) is 5.16. The first kappa shape index (κ1) is 22.1. The molecule has 1 aliphatic heterocycles. The van der Waals surface area contributed by atoms with Gasteiger partial charge in [0.1, 0.15) is 5.69 Å². The van der Waals surface area contributed by atoms with E-state index >= 15 is 4.39 Å². The van der Waals surface area contributed by atoms with Crippen LogP contribution in [0, 0.1) is 11.7 Å². The first-order valence-corrected chi connectivity index (χ1v) is 12.2. The molecule has 0 radical (unpaired) electrons. The number of hydrogen-bond donors (Lipinski definition) is 3. The molecular formula is C23H24ClFN6OS. The van der Waals surface area contributed by atoms with E-state index in [1.165, 1.54) is 30.6 Å². The van der Waals surface area contributed by atoms with E-state index in [2.05, 4.69) is 20.5 Å². The number of nitrogens with two attached hydrogens (primary N) is 1. The van der Waals surface area contributed by atoms with E-state index in [0.717, 1.165) is 34.1 Å².